The SMILES string of the molecule is CCCC1CCCN(c2ccccc2[C@H](N)CC)CC1. The van der Waals surface area contributed by atoms with Crippen LogP contribution in [0, 0.1) is 5.92 Å². The van der Waals surface area contributed by atoms with Gasteiger partial charge in [0.25, 0.3) is 0 Å². The van der Waals surface area contributed by atoms with E-state index >= 15 is 0 Å². The largest absolute Gasteiger partial charge is 0.371 e. The van der Waals surface area contributed by atoms with Gasteiger partial charge in [0.05, 0.1) is 0 Å². The molecule has 112 valence electrons. The lowest BCUT2D eigenvalue weighted by Gasteiger charge is -2.27. The van der Waals surface area contributed by atoms with Gasteiger partial charge in [-0.3, -0.25) is 0 Å². The molecule has 1 aliphatic heterocycles. The average Bonchev–Trinajstić information content (AvgIpc) is 2.72. The third-order valence-corrected chi connectivity index (χ3v) is 4.66. The van der Waals surface area contributed by atoms with Gasteiger partial charge in [0.1, 0.15) is 0 Å². The van der Waals surface area contributed by atoms with Crippen molar-refractivity contribution in [3.05, 3.63) is 29.8 Å². The summed E-state index contributed by atoms with van der Waals surface area (Å²) in [6.07, 6.45) is 7.77. The maximum Gasteiger partial charge on any atom is 0.0414 e. The molecule has 1 unspecified atom stereocenters. The van der Waals surface area contributed by atoms with Gasteiger partial charge >= 0.3 is 0 Å². The predicted molar refractivity (Wildman–Crippen MR) is 88.1 cm³/mol. The van der Waals surface area contributed by atoms with E-state index in [0.717, 1.165) is 12.3 Å². The number of hydrogen-bond acceptors (Lipinski definition) is 2. The molecule has 0 aliphatic carbocycles. The van der Waals surface area contributed by atoms with Gasteiger partial charge in [0.2, 0.25) is 0 Å². The Hall–Kier alpha value is -1.02. The van der Waals surface area contributed by atoms with Crippen LogP contribution in [0.5, 0.6) is 0 Å². The molecule has 1 heterocycles. The van der Waals surface area contributed by atoms with E-state index in [1.807, 2.05) is 0 Å². The molecule has 0 aromatic heterocycles. The van der Waals surface area contributed by atoms with Gasteiger partial charge in [-0.1, -0.05) is 44.9 Å². The Labute approximate surface area is 124 Å². The first-order valence-electron chi connectivity index (χ1n) is 8.35. The van der Waals surface area contributed by atoms with Crippen LogP contribution in [0.1, 0.15) is 64.0 Å². The van der Waals surface area contributed by atoms with Crippen molar-refractivity contribution in [2.75, 3.05) is 18.0 Å². The van der Waals surface area contributed by atoms with Crippen molar-refractivity contribution in [3.63, 3.8) is 0 Å². The molecule has 1 aromatic carbocycles. The first-order chi connectivity index (χ1) is 9.76. The maximum absolute atomic E-state index is 6.29. The predicted octanol–water partition coefficient (Wildman–Crippen LogP) is 4.50. The normalized spacial score (nSPS) is 21.6. The Morgan fingerprint density at radius 1 is 1.20 bits per heavy atom. The quantitative estimate of drug-likeness (QED) is 0.856. The molecule has 0 bridgehead atoms. The minimum absolute atomic E-state index is 0.167. The highest BCUT2D eigenvalue weighted by Gasteiger charge is 2.19. The summed E-state index contributed by atoms with van der Waals surface area (Å²) in [6.45, 7) is 6.85. The first-order valence-corrected chi connectivity index (χ1v) is 8.35. The molecule has 1 aliphatic rings. The third-order valence-electron chi connectivity index (χ3n) is 4.66. The topological polar surface area (TPSA) is 29.3 Å². The standard InChI is InChI=1S/C18H30N2/c1-3-8-15-9-7-13-20(14-12-15)18-11-6-5-10-16(18)17(19)4-2/h5-6,10-11,15,17H,3-4,7-9,12-14,19H2,1-2H3/t15?,17-/m1/s1. The van der Waals surface area contributed by atoms with Crippen molar-refractivity contribution in [1.29, 1.82) is 0 Å². The fourth-order valence-corrected chi connectivity index (χ4v) is 3.41. The molecule has 2 nitrogen and oxygen atoms in total. The molecule has 2 N–H and O–H groups in total. The summed E-state index contributed by atoms with van der Waals surface area (Å²) in [5, 5.41) is 0. The number of nitrogens with two attached hydrogens (primary N) is 1. The second-order valence-electron chi connectivity index (χ2n) is 6.15. The Balaban J connectivity index is 2.11. The molecule has 0 amide bonds. The van der Waals surface area contributed by atoms with Crippen LogP contribution in [-0.4, -0.2) is 13.1 Å². The summed E-state index contributed by atoms with van der Waals surface area (Å²) in [7, 11) is 0. The highest BCUT2D eigenvalue weighted by molar-refractivity contribution is 5.55. The number of benzene rings is 1. The highest BCUT2D eigenvalue weighted by Crippen LogP contribution is 2.30. The maximum atomic E-state index is 6.29. The van der Waals surface area contributed by atoms with Gasteiger partial charge in [-0.15, -0.1) is 0 Å². The lowest BCUT2D eigenvalue weighted by atomic mass is 9.96. The van der Waals surface area contributed by atoms with E-state index in [-0.39, 0.29) is 6.04 Å². The highest BCUT2D eigenvalue weighted by atomic mass is 15.1. The zero-order valence-electron chi connectivity index (χ0n) is 13.1. The summed E-state index contributed by atoms with van der Waals surface area (Å²) >= 11 is 0. The molecule has 2 rings (SSSR count). The number of anilines is 1. The van der Waals surface area contributed by atoms with E-state index in [0.29, 0.717) is 0 Å². The van der Waals surface area contributed by atoms with Crippen molar-refractivity contribution >= 4 is 5.69 Å². The van der Waals surface area contributed by atoms with Crippen molar-refractivity contribution < 1.29 is 0 Å². The van der Waals surface area contributed by atoms with Gasteiger partial charge in [0.15, 0.2) is 0 Å². The molecule has 0 radical (unpaired) electrons. The van der Waals surface area contributed by atoms with E-state index in [1.54, 1.807) is 0 Å². The second kappa shape index (κ2) is 7.68. The molecule has 1 fully saturated rings. The van der Waals surface area contributed by atoms with Gasteiger partial charge in [-0.05, 0) is 43.2 Å². The molecular formula is C18H30N2. The Morgan fingerprint density at radius 3 is 2.75 bits per heavy atom. The van der Waals surface area contributed by atoms with Crippen LogP contribution in [0.4, 0.5) is 5.69 Å². The molecule has 2 atom stereocenters. The van der Waals surface area contributed by atoms with Crippen LogP contribution in [0.3, 0.4) is 0 Å². The molecule has 2 heteroatoms. The van der Waals surface area contributed by atoms with Crippen molar-refractivity contribution in [2.45, 2.75) is 58.4 Å². The van der Waals surface area contributed by atoms with Crippen molar-refractivity contribution in [1.82, 2.24) is 0 Å². The van der Waals surface area contributed by atoms with E-state index in [4.69, 9.17) is 5.73 Å². The van der Waals surface area contributed by atoms with Crippen LogP contribution >= 0.6 is 0 Å². The molecule has 0 spiro atoms. The van der Waals surface area contributed by atoms with E-state index in [1.165, 1.54) is 56.4 Å². The number of rotatable bonds is 5. The number of hydrogen-bond donors (Lipinski definition) is 1. The van der Waals surface area contributed by atoms with Crippen LogP contribution < -0.4 is 10.6 Å². The number of nitrogens with zero attached hydrogens (tertiary/aromatic N) is 1. The molecule has 20 heavy (non-hydrogen) atoms. The molecule has 1 aromatic rings. The fraction of sp³-hybridized carbons (Fsp3) is 0.667. The zero-order valence-corrected chi connectivity index (χ0v) is 13.1. The summed E-state index contributed by atoms with van der Waals surface area (Å²) in [4.78, 5) is 2.57. The summed E-state index contributed by atoms with van der Waals surface area (Å²) in [5.41, 5.74) is 8.99. The first kappa shape index (κ1) is 15.4. The fourth-order valence-electron chi connectivity index (χ4n) is 3.41. The minimum Gasteiger partial charge on any atom is -0.371 e. The van der Waals surface area contributed by atoms with Crippen LogP contribution in [-0.2, 0) is 0 Å². The minimum atomic E-state index is 0.167. The lowest BCUT2D eigenvalue weighted by Crippen LogP contribution is -2.26. The van der Waals surface area contributed by atoms with E-state index < -0.39 is 0 Å². The Kier molecular flexibility index (Phi) is 5.90. The van der Waals surface area contributed by atoms with Gasteiger partial charge < -0.3 is 10.6 Å². The smallest absolute Gasteiger partial charge is 0.0414 e. The summed E-state index contributed by atoms with van der Waals surface area (Å²) in [5.74, 6) is 0.928. The van der Waals surface area contributed by atoms with E-state index in [2.05, 4.69) is 43.0 Å². The van der Waals surface area contributed by atoms with Gasteiger partial charge in [-0.2, -0.15) is 0 Å². The molecule has 1 saturated heterocycles. The van der Waals surface area contributed by atoms with Crippen LogP contribution in [0.15, 0.2) is 24.3 Å². The average molecular weight is 274 g/mol. The summed E-state index contributed by atoms with van der Waals surface area (Å²) < 4.78 is 0. The second-order valence-corrected chi connectivity index (χ2v) is 6.15. The molecular weight excluding hydrogens is 244 g/mol. The van der Waals surface area contributed by atoms with Crippen LogP contribution in [0.25, 0.3) is 0 Å². The Bertz CT molecular complexity index is 402. The lowest BCUT2D eigenvalue weighted by molar-refractivity contribution is 0.435. The van der Waals surface area contributed by atoms with Crippen molar-refractivity contribution in [3.8, 4) is 0 Å². The number of para-hydroxylation sites is 1. The zero-order chi connectivity index (χ0) is 14.4. The van der Waals surface area contributed by atoms with Gasteiger partial charge in [0, 0.05) is 24.8 Å². The summed E-state index contributed by atoms with van der Waals surface area (Å²) in [6, 6.07) is 8.89. The molecule has 0 saturated carbocycles. The van der Waals surface area contributed by atoms with Crippen LogP contribution in [0.2, 0.25) is 0 Å². The van der Waals surface area contributed by atoms with E-state index in [9.17, 15) is 0 Å². The van der Waals surface area contributed by atoms with Crippen molar-refractivity contribution in [2.24, 2.45) is 11.7 Å². The monoisotopic (exact) mass is 274 g/mol. The third kappa shape index (κ3) is 3.76. The van der Waals surface area contributed by atoms with Gasteiger partial charge in [-0.25, -0.2) is 0 Å². The Morgan fingerprint density at radius 2 is 2.00 bits per heavy atom.